The van der Waals surface area contributed by atoms with Crippen molar-refractivity contribution in [2.45, 2.75) is 32.4 Å². The lowest BCUT2D eigenvalue weighted by atomic mass is 10.0. The standard InChI is InChI=1S/C18H26N2S/c1-14-7-9-16(10-8-14)17(19-3)11-12-20(4)15(2)18-6-5-13-21-18/h5-10,13,15,17,19H,11-12H2,1-4H3. The van der Waals surface area contributed by atoms with E-state index >= 15 is 0 Å². The third-order valence-corrected chi connectivity index (χ3v) is 5.26. The molecule has 0 fully saturated rings. The van der Waals surface area contributed by atoms with Gasteiger partial charge in [0.15, 0.2) is 0 Å². The number of thiophene rings is 1. The molecule has 2 unspecified atom stereocenters. The minimum absolute atomic E-state index is 0.420. The average Bonchev–Trinajstić information content (AvgIpc) is 3.02. The lowest BCUT2D eigenvalue weighted by Crippen LogP contribution is -2.27. The van der Waals surface area contributed by atoms with Crippen LogP contribution >= 0.6 is 11.3 Å². The molecule has 0 aliphatic carbocycles. The highest BCUT2D eigenvalue weighted by atomic mass is 32.1. The second kappa shape index (κ2) is 7.74. The Labute approximate surface area is 132 Å². The van der Waals surface area contributed by atoms with Gasteiger partial charge in [-0.3, -0.25) is 4.90 Å². The van der Waals surface area contributed by atoms with Gasteiger partial charge < -0.3 is 5.32 Å². The summed E-state index contributed by atoms with van der Waals surface area (Å²) < 4.78 is 0. The number of aryl methyl sites for hydroxylation is 1. The largest absolute Gasteiger partial charge is 0.313 e. The van der Waals surface area contributed by atoms with Gasteiger partial charge in [-0.05, 0) is 51.4 Å². The number of nitrogens with zero attached hydrogens (tertiary/aromatic N) is 1. The van der Waals surface area contributed by atoms with Crippen molar-refractivity contribution in [3.8, 4) is 0 Å². The van der Waals surface area contributed by atoms with E-state index in [0.29, 0.717) is 12.1 Å². The Morgan fingerprint density at radius 2 is 1.90 bits per heavy atom. The van der Waals surface area contributed by atoms with Crippen LogP contribution in [0.1, 0.15) is 41.4 Å². The predicted molar refractivity (Wildman–Crippen MR) is 93.0 cm³/mol. The Morgan fingerprint density at radius 1 is 1.19 bits per heavy atom. The quantitative estimate of drug-likeness (QED) is 0.815. The van der Waals surface area contributed by atoms with Crippen LogP contribution < -0.4 is 5.32 Å². The Morgan fingerprint density at radius 3 is 2.48 bits per heavy atom. The summed E-state index contributed by atoms with van der Waals surface area (Å²) in [6.45, 7) is 5.50. The van der Waals surface area contributed by atoms with Gasteiger partial charge in [0.2, 0.25) is 0 Å². The molecule has 2 atom stereocenters. The van der Waals surface area contributed by atoms with Gasteiger partial charge in [0, 0.05) is 23.5 Å². The molecule has 0 saturated carbocycles. The summed E-state index contributed by atoms with van der Waals surface area (Å²) in [7, 11) is 4.26. The van der Waals surface area contributed by atoms with Crippen molar-refractivity contribution in [3.63, 3.8) is 0 Å². The molecule has 1 aromatic heterocycles. The van der Waals surface area contributed by atoms with Gasteiger partial charge in [0.1, 0.15) is 0 Å². The Bertz CT molecular complexity index is 519. The van der Waals surface area contributed by atoms with Crippen LogP contribution in [0, 0.1) is 6.92 Å². The summed E-state index contributed by atoms with van der Waals surface area (Å²) in [4.78, 5) is 3.87. The summed E-state index contributed by atoms with van der Waals surface area (Å²) in [5.74, 6) is 0. The molecule has 2 rings (SSSR count). The fourth-order valence-electron chi connectivity index (χ4n) is 2.55. The molecule has 2 nitrogen and oxygen atoms in total. The second-order valence-electron chi connectivity index (χ2n) is 5.71. The smallest absolute Gasteiger partial charge is 0.0410 e. The molecular formula is C18H26N2S. The molecule has 0 spiro atoms. The van der Waals surface area contributed by atoms with Gasteiger partial charge in [-0.25, -0.2) is 0 Å². The molecule has 0 bridgehead atoms. The fraction of sp³-hybridized carbons (Fsp3) is 0.444. The first kappa shape index (κ1) is 16.2. The summed E-state index contributed by atoms with van der Waals surface area (Å²) in [5, 5.41) is 5.60. The summed E-state index contributed by atoms with van der Waals surface area (Å²) in [6.07, 6.45) is 1.12. The average molecular weight is 302 g/mol. The van der Waals surface area contributed by atoms with Crippen molar-refractivity contribution >= 4 is 11.3 Å². The lowest BCUT2D eigenvalue weighted by Gasteiger charge is -2.26. The zero-order valence-electron chi connectivity index (χ0n) is 13.5. The molecule has 0 aliphatic heterocycles. The van der Waals surface area contributed by atoms with E-state index in [1.165, 1.54) is 16.0 Å². The maximum atomic E-state index is 3.44. The van der Waals surface area contributed by atoms with Crippen molar-refractivity contribution in [2.24, 2.45) is 0 Å². The molecule has 3 heteroatoms. The van der Waals surface area contributed by atoms with Gasteiger partial charge in [0.05, 0.1) is 0 Å². The van der Waals surface area contributed by atoms with Crippen molar-refractivity contribution < 1.29 is 0 Å². The molecule has 1 aromatic carbocycles. The lowest BCUT2D eigenvalue weighted by molar-refractivity contribution is 0.250. The topological polar surface area (TPSA) is 15.3 Å². The van der Waals surface area contributed by atoms with Gasteiger partial charge in [0.25, 0.3) is 0 Å². The van der Waals surface area contributed by atoms with Gasteiger partial charge in [-0.15, -0.1) is 11.3 Å². The molecule has 21 heavy (non-hydrogen) atoms. The monoisotopic (exact) mass is 302 g/mol. The first-order chi connectivity index (χ1) is 10.1. The Balaban J connectivity index is 1.92. The Hall–Kier alpha value is -1.16. The van der Waals surface area contributed by atoms with E-state index in [9.17, 15) is 0 Å². The summed E-state index contributed by atoms with van der Waals surface area (Å²) in [6, 6.07) is 14.1. The molecule has 0 aliphatic rings. The molecular weight excluding hydrogens is 276 g/mol. The van der Waals surface area contributed by atoms with Crippen LogP contribution in [-0.4, -0.2) is 25.5 Å². The van der Waals surface area contributed by atoms with Crippen LogP contribution in [0.2, 0.25) is 0 Å². The third-order valence-electron chi connectivity index (χ3n) is 4.21. The van der Waals surface area contributed by atoms with E-state index < -0.39 is 0 Å². The first-order valence-electron chi connectivity index (χ1n) is 7.59. The number of benzene rings is 1. The van der Waals surface area contributed by atoms with Crippen LogP contribution in [0.25, 0.3) is 0 Å². The molecule has 0 radical (unpaired) electrons. The van der Waals surface area contributed by atoms with E-state index in [-0.39, 0.29) is 0 Å². The highest BCUT2D eigenvalue weighted by Crippen LogP contribution is 2.25. The highest BCUT2D eigenvalue weighted by Gasteiger charge is 2.15. The third kappa shape index (κ3) is 4.40. The van der Waals surface area contributed by atoms with Gasteiger partial charge in [-0.2, -0.15) is 0 Å². The normalized spacial score (nSPS) is 14.3. The molecule has 1 N–H and O–H groups in total. The van der Waals surface area contributed by atoms with Crippen LogP contribution in [0.5, 0.6) is 0 Å². The van der Waals surface area contributed by atoms with E-state index in [4.69, 9.17) is 0 Å². The van der Waals surface area contributed by atoms with Crippen molar-refractivity contribution in [2.75, 3.05) is 20.6 Å². The van der Waals surface area contributed by atoms with Crippen LogP contribution in [0.15, 0.2) is 41.8 Å². The second-order valence-corrected chi connectivity index (χ2v) is 6.69. The van der Waals surface area contributed by atoms with E-state index in [2.05, 4.69) is 72.9 Å². The molecule has 0 amide bonds. The zero-order valence-corrected chi connectivity index (χ0v) is 14.3. The van der Waals surface area contributed by atoms with Crippen LogP contribution in [0.3, 0.4) is 0 Å². The minimum Gasteiger partial charge on any atom is -0.313 e. The number of nitrogens with one attached hydrogen (secondary N) is 1. The maximum Gasteiger partial charge on any atom is 0.0410 e. The molecule has 114 valence electrons. The first-order valence-corrected chi connectivity index (χ1v) is 8.47. The van der Waals surface area contributed by atoms with E-state index in [1.807, 2.05) is 18.4 Å². The predicted octanol–water partition coefficient (Wildman–Crippen LogP) is 4.40. The molecule has 2 aromatic rings. The highest BCUT2D eigenvalue weighted by molar-refractivity contribution is 7.10. The number of hydrogen-bond acceptors (Lipinski definition) is 3. The van der Waals surface area contributed by atoms with Crippen LogP contribution in [-0.2, 0) is 0 Å². The summed E-state index contributed by atoms with van der Waals surface area (Å²) in [5.41, 5.74) is 2.69. The summed E-state index contributed by atoms with van der Waals surface area (Å²) >= 11 is 1.84. The van der Waals surface area contributed by atoms with Gasteiger partial charge >= 0.3 is 0 Å². The van der Waals surface area contributed by atoms with E-state index in [1.54, 1.807) is 0 Å². The SMILES string of the molecule is CNC(CCN(C)C(C)c1cccs1)c1ccc(C)cc1. The van der Waals surface area contributed by atoms with Crippen molar-refractivity contribution in [3.05, 3.63) is 57.8 Å². The fourth-order valence-corrected chi connectivity index (χ4v) is 3.40. The maximum absolute atomic E-state index is 3.44. The minimum atomic E-state index is 0.420. The van der Waals surface area contributed by atoms with Gasteiger partial charge in [-0.1, -0.05) is 35.9 Å². The van der Waals surface area contributed by atoms with Crippen molar-refractivity contribution in [1.82, 2.24) is 10.2 Å². The number of hydrogen-bond donors (Lipinski definition) is 1. The van der Waals surface area contributed by atoms with Crippen molar-refractivity contribution in [1.29, 1.82) is 0 Å². The van der Waals surface area contributed by atoms with E-state index in [0.717, 1.165) is 13.0 Å². The number of rotatable bonds is 7. The van der Waals surface area contributed by atoms with Crippen LogP contribution in [0.4, 0.5) is 0 Å². The molecule has 1 heterocycles. The Kier molecular flexibility index (Phi) is 5.97. The molecule has 0 saturated heterocycles. The zero-order chi connectivity index (χ0) is 15.2.